The van der Waals surface area contributed by atoms with Gasteiger partial charge in [-0.15, -0.1) is 0 Å². The van der Waals surface area contributed by atoms with E-state index in [-0.39, 0.29) is 17.4 Å². The number of ether oxygens (including phenoxy) is 4. The highest BCUT2D eigenvalue weighted by Crippen LogP contribution is 2.30. The smallest absolute Gasteiger partial charge is 0.343 e. The Labute approximate surface area is 184 Å². The summed E-state index contributed by atoms with van der Waals surface area (Å²) < 4.78 is 21.7. The Bertz CT molecular complexity index is 1230. The van der Waals surface area contributed by atoms with E-state index in [1.54, 1.807) is 79.9 Å². The molecule has 0 atom stereocenters. The lowest BCUT2D eigenvalue weighted by Crippen LogP contribution is -2.09. The average Bonchev–Trinajstić information content (AvgIpc) is 3.20. The fourth-order valence-electron chi connectivity index (χ4n) is 3.03. The van der Waals surface area contributed by atoms with Crippen LogP contribution >= 0.6 is 0 Å². The highest BCUT2D eigenvalue weighted by molar-refractivity contribution is 6.14. The van der Waals surface area contributed by atoms with Crippen LogP contribution in [0.25, 0.3) is 6.08 Å². The van der Waals surface area contributed by atoms with Gasteiger partial charge >= 0.3 is 11.9 Å². The largest absolute Gasteiger partial charge is 0.497 e. The minimum Gasteiger partial charge on any atom is -0.497 e. The molecule has 7 nitrogen and oxygen atoms in total. The molecule has 0 fully saturated rings. The van der Waals surface area contributed by atoms with Crippen molar-refractivity contribution in [3.05, 3.63) is 95.2 Å². The van der Waals surface area contributed by atoms with Crippen molar-refractivity contribution in [3.63, 3.8) is 0 Å². The Morgan fingerprint density at radius 2 is 1.72 bits per heavy atom. The molecule has 0 aliphatic carbocycles. The maximum Gasteiger partial charge on any atom is 0.343 e. The molecule has 4 rings (SSSR count). The molecular weight excluding hydrogens is 410 g/mol. The lowest BCUT2D eigenvalue weighted by molar-refractivity contribution is -0.115. The summed E-state index contributed by atoms with van der Waals surface area (Å²) >= 11 is 0. The van der Waals surface area contributed by atoms with Crippen molar-refractivity contribution < 1.29 is 28.5 Å². The van der Waals surface area contributed by atoms with Crippen molar-refractivity contribution in [2.45, 2.75) is 0 Å². The molecule has 160 valence electrons. The molecule has 0 N–H and O–H groups in total. The van der Waals surface area contributed by atoms with E-state index in [9.17, 15) is 9.59 Å². The van der Waals surface area contributed by atoms with Crippen LogP contribution in [0.15, 0.2) is 83.5 Å². The Hall–Kier alpha value is -4.39. The zero-order valence-corrected chi connectivity index (χ0v) is 17.4. The number of carbonyl (C=O) groups is 2. The van der Waals surface area contributed by atoms with Crippen LogP contribution in [0, 0.1) is 0 Å². The lowest BCUT2D eigenvalue weighted by atomic mass is 10.1. The number of benzene rings is 3. The molecule has 32 heavy (non-hydrogen) atoms. The zero-order valence-electron chi connectivity index (χ0n) is 17.4. The molecule has 0 spiro atoms. The van der Waals surface area contributed by atoms with E-state index in [1.165, 1.54) is 7.11 Å². The minimum atomic E-state index is -0.499. The Morgan fingerprint density at radius 1 is 0.906 bits per heavy atom. The minimum absolute atomic E-state index is 0.0684. The quantitative estimate of drug-likeness (QED) is 0.331. The lowest BCUT2D eigenvalue weighted by Gasteiger charge is -2.10. The van der Waals surface area contributed by atoms with Crippen LogP contribution in [0.3, 0.4) is 0 Å². The SMILES string of the molecule is COc1cccc(C2=NC(=O)/C(=C\c3ccc(OC(=O)c4ccccc4)c(OC)c3)O2)c1. The van der Waals surface area contributed by atoms with Crippen molar-refractivity contribution in [1.82, 2.24) is 0 Å². The van der Waals surface area contributed by atoms with Gasteiger partial charge in [0.2, 0.25) is 5.90 Å². The number of methoxy groups -OCH3 is 2. The predicted molar refractivity (Wildman–Crippen MR) is 118 cm³/mol. The number of esters is 1. The topological polar surface area (TPSA) is 83.4 Å². The van der Waals surface area contributed by atoms with Gasteiger partial charge in [0.1, 0.15) is 5.75 Å². The number of carbonyl (C=O) groups excluding carboxylic acids is 2. The van der Waals surface area contributed by atoms with E-state index in [2.05, 4.69) is 4.99 Å². The molecule has 0 unspecified atom stereocenters. The molecule has 3 aromatic carbocycles. The predicted octanol–water partition coefficient (Wildman–Crippen LogP) is 4.27. The van der Waals surface area contributed by atoms with Crippen molar-refractivity contribution in [1.29, 1.82) is 0 Å². The summed E-state index contributed by atoms with van der Waals surface area (Å²) in [5.41, 5.74) is 1.67. The number of nitrogens with zero attached hydrogens (tertiary/aromatic N) is 1. The van der Waals surface area contributed by atoms with Gasteiger partial charge in [0.05, 0.1) is 19.8 Å². The molecular formula is C25H19NO6. The monoisotopic (exact) mass is 429 g/mol. The highest BCUT2D eigenvalue weighted by atomic mass is 16.6. The fraction of sp³-hybridized carbons (Fsp3) is 0.0800. The van der Waals surface area contributed by atoms with E-state index in [1.807, 2.05) is 6.07 Å². The van der Waals surface area contributed by atoms with Gasteiger partial charge in [0.25, 0.3) is 0 Å². The Kier molecular flexibility index (Phi) is 5.98. The first kappa shape index (κ1) is 20.9. The van der Waals surface area contributed by atoms with Gasteiger partial charge in [0, 0.05) is 5.56 Å². The Morgan fingerprint density at radius 3 is 2.47 bits per heavy atom. The van der Waals surface area contributed by atoms with Gasteiger partial charge < -0.3 is 18.9 Å². The normalized spacial score (nSPS) is 14.0. The van der Waals surface area contributed by atoms with Gasteiger partial charge in [-0.05, 0) is 54.1 Å². The third kappa shape index (κ3) is 4.52. The molecule has 3 aromatic rings. The average molecular weight is 429 g/mol. The molecule has 0 radical (unpaired) electrons. The van der Waals surface area contributed by atoms with Crippen LogP contribution in [0.1, 0.15) is 21.5 Å². The molecule has 0 saturated carbocycles. The van der Waals surface area contributed by atoms with Crippen LogP contribution in [0.4, 0.5) is 0 Å². The summed E-state index contributed by atoms with van der Waals surface area (Å²) in [5.74, 6) is 0.490. The van der Waals surface area contributed by atoms with Gasteiger partial charge in [-0.2, -0.15) is 4.99 Å². The first-order valence-electron chi connectivity index (χ1n) is 9.69. The molecule has 1 aliphatic rings. The third-order valence-corrected chi connectivity index (χ3v) is 4.63. The number of hydrogen-bond acceptors (Lipinski definition) is 6. The van der Waals surface area contributed by atoms with Crippen LogP contribution in [-0.2, 0) is 9.53 Å². The number of rotatable bonds is 6. The van der Waals surface area contributed by atoms with Gasteiger partial charge in [-0.25, -0.2) is 4.79 Å². The Balaban J connectivity index is 1.53. The summed E-state index contributed by atoms with van der Waals surface area (Å²) in [6, 6.07) is 20.6. The third-order valence-electron chi connectivity index (χ3n) is 4.63. The molecule has 7 heteroatoms. The van der Waals surface area contributed by atoms with Crippen molar-refractivity contribution in [2.24, 2.45) is 4.99 Å². The molecule has 0 saturated heterocycles. The second-order valence-electron chi connectivity index (χ2n) is 6.73. The zero-order chi connectivity index (χ0) is 22.5. The van der Waals surface area contributed by atoms with Crippen LogP contribution < -0.4 is 14.2 Å². The number of amides is 1. The van der Waals surface area contributed by atoms with Gasteiger partial charge in [-0.3, -0.25) is 4.79 Å². The maximum atomic E-state index is 12.3. The number of hydrogen-bond donors (Lipinski definition) is 0. The van der Waals surface area contributed by atoms with Gasteiger partial charge in [0.15, 0.2) is 17.3 Å². The summed E-state index contributed by atoms with van der Waals surface area (Å²) in [4.78, 5) is 28.6. The molecule has 0 aromatic heterocycles. The van der Waals surface area contributed by atoms with Crippen LogP contribution in [0.5, 0.6) is 17.2 Å². The summed E-state index contributed by atoms with van der Waals surface area (Å²) in [6.07, 6.45) is 1.55. The first-order valence-corrected chi connectivity index (χ1v) is 9.69. The van der Waals surface area contributed by atoms with Crippen molar-refractivity contribution in [2.75, 3.05) is 14.2 Å². The fourth-order valence-corrected chi connectivity index (χ4v) is 3.03. The standard InChI is InChI=1S/C25H19NO6/c1-29-19-10-6-9-18(15-19)24-26-23(27)22(31-24)14-16-11-12-20(21(13-16)30-2)32-25(28)17-7-4-3-5-8-17/h3-15H,1-2H3/b22-14+. The van der Waals surface area contributed by atoms with Crippen LogP contribution in [-0.4, -0.2) is 32.0 Å². The van der Waals surface area contributed by atoms with E-state index >= 15 is 0 Å². The molecule has 1 aliphatic heterocycles. The highest BCUT2D eigenvalue weighted by Gasteiger charge is 2.24. The van der Waals surface area contributed by atoms with E-state index in [4.69, 9.17) is 18.9 Å². The summed E-state index contributed by atoms with van der Waals surface area (Å²) in [5, 5.41) is 0. The number of aliphatic imine (C=N–C) groups is 1. The van der Waals surface area contributed by atoms with Gasteiger partial charge in [-0.1, -0.05) is 30.3 Å². The van der Waals surface area contributed by atoms with Crippen molar-refractivity contribution >= 4 is 23.9 Å². The second kappa shape index (κ2) is 9.18. The second-order valence-corrected chi connectivity index (χ2v) is 6.73. The van der Waals surface area contributed by atoms with E-state index < -0.39 is 11.9 Å². The van der Waals surface area contributed by atoms with Crippen LogP contribution in [0.2, 0.25) is 0 Å². The molecule has 0 bridgehead atoms. The first-order chi connectivity index (χ1) is 15.6. The molecule has 1 amide bonds. The van der Waals surface area contributed by atoms with E-state index in [0.29, 0.717) is 28.2 Å². The summed E-state index contributed by atoms with van der Waals surface area (Å²) in [6.45, 7) is 0. The summed E-state index contributed by atoms with van der Waals surface area (Å²) in [7, 11) is 3.02. The van der Waals surface area contributed by atoms with E-state index in [0.717, 1.165) is 0 Å². The maximum absolute atomic E-state index is 12.3. The molecule has 1 heterocycles. The van der Waals surface area contributed by atoms with Crippen molar-refractivity contribution in [3.8, 4) is 17.2 Å².